The number of aromatic nitrogens is 4. The first kappa shape index (κ1) is 24.0. The maximum Gasteiger partial charge on any atom is 0.238 e. The molecule has 4 aromatic rings. The van der Waals surface area contributed by atoms with Crippen molar-refractivity contribution in [3.63, 3.8) is 0 Å². The van der Waals surface area contributed by atoms with Crippen molar-refractivity contribution in [3.05, 3.63) is 59.9 Å². The van der Waals surface area contributed by atoms with E-state index in [1.54, 1.807) is 6.07 Å². The lowest BCUT2D eigenvalue weighted by molar-refractivity contribution is -0.113. The molecular formula is C23H26N6O3S2. The van der Waals surface area contributed by atoms with Gasteiger partial charge in [-0.05, 0) is 50.6 Å². The number of amides is 1. The Bertz CT molecular complexity index is 1460. The third kappa shape index (κ3) is 4.86. The largest absolute Gasteiger partial charge is 0.322 e. The Balaban J connectivity index is 1.53. The fourth-order valence-corrected chi connectivity index (χ4v) is 5.14. The molecule has 0 bridgehead atoms. The lowest BCUT2D eigenvalue weighted by Gasteiger charge is -2.09. The molecular weight excluding hydrogens is 472 g/mol. The number of hydrogen-bond acceptors (Lipinski definition) is 6. The lowest BCUT2D eigenvalue weighted by atomic mass is 10.3. The van der Waals surface area contributed by atoms with Gasteiger partial charge >= 0.3 is 0 Å². The molecule has 0 aliphatic heterocycles. The number of fused-ring (bicyclic) bond motifs is 1. The summed E-state index contributed by atoms with van der Waals surface area (Å²) in [5, 5.41) is 13.4. The monoisotopic (exact) mass is 498 g/mol. The summed E-state index contributed by atoms with van der Waals surface area (Å²) < 4.78 is 27.2. The van der Waals surface area contributed by atoms with Crippen LogP contribution in [-0.4, -0.2) is 39.4 Å². The van der Waals surface area contributed by atoms with Crippen molar-refractivity contribution in [1.82, 2.24) is 19.3 Å². The highest BCUT2D eigenvalue weighted by Crippen LogP contribution is 2.27. The van der Waals surface area contributed by atoms with Crippen LogP contribution in [0.15, 0.2) is 58.6 Å². The molecule has 0 spiro atoms. The van der Waals surface area contributed by atoms with Crippen LogP contribution < -0.4 is 10.5 Å². The number of aryl methyl sites for hydroxylation is 2. The Morgan fingerprint density at radius 2 is 1.88 bits per heavy atom. The van der Waals surface area contributed by atoms with Gasteiger partial charge in [0.15, 0.2) is 5.16 Å². The molecule has 2 heterocycles. The van der Waals surface area contributed by atoms with Crippen LogP contribution in [0.5, 0.6) is 0 Å². The minimum atomic E-state index is -3.82. The van der Waals surface area contributed by atoms with Gasteiger partial charge in [-0.1, -0.05) is 36.9 Å². The summed E-state index contributed by atoms with van der Waals surface area (Å²) in [6.45, 7) is 6.51. The van der Waals surface area contributed by atoms with Crippen LogP contribution in [0.4, 0.5) is 5.69 Å². The average Bonchev–Trinajstić information content (AvgIpc) is 3.29. The van der Waals surface area contributed by atoms with Crippen LogP contribution in [0.25, 0.3) is 16.7 Å². The summed E-state index contributed by atoms with van der Waals surface area (Å²) in [4.78, 5) is 17.4. The Kier molecular flexibility index (Phi) is 6.78. The molecule has 1 amide bonds. The van der Waals surface area contributed by atoms with Crippen molar-refractivity contribution in [1.29, 1.82) is 0 Å². The highest BCUT2D eigenvalue weighted by molar-refractivity contribution is 7.99. The maximum absolute atomic E-state index is 12.8. The van der Waals surface area contributed by atoms with Crippen molar-refractivity contribution in [2.24, 2.45) is 5.14 Å². The van der Waals surface area contributed by atoms with E-state index in [0.717, 1.165) is 29.0 Å². The Labute approximate surface area is 202 Å². The highest BCUT2D eigenvalue weighted by Gasteiger charge is 2.18. The molecule has 9 nitrogen and oxygen atoms in total. The molecule has 0 saturated heterocycles. The van der Waals surface area contributed by atoms with E-state index in [0.29, 0.717) is 22.9 Å². The van der Waals surface area contributed by atoms with Gasteiger partial charge in [-0.3, -0.25) is 4.79 Å². The molecule has 0 aliphatic rings. The second-order valence-corrected chi connectivity index (χ2v) is 10.4. The number of carbonyl (C=O) groups is 1. The first-order chi connectivity index (χ1) is 16.2. The quantitative estimate of drug-likeness (QED) is 0.358. The topological polar surface area (TPSA) is 125 Å². The number of thioether (sulfide) groups is 1. The Morgan fingerprint density at radius 3 is 2.56 bits per heavy atom. The molecule has 2 aromatic heterocycles. The highest BCUT2D eigenvalue weighted by atomic mass is 32.2. The molecule has 0 aliphatic carbocycles. The van der Waals surface area contributed by atoms with Gasteiger partial charge in [0.05, 0.1) is 44.4 Å². The van der Waals surface area contributed by atoms with Crippen molar-refractivity contribution in [2.45, 2.75) is 43.8 Å². The van der Waals surface area contributed by atoms with E-state index in [1.165, 1.54) is 23.9 Å². The number of rotatable bonds is 8. The van der Waals surface area contributed by atoms with E-state index in [1.807, 2.05) is 60.4 Å². The van der Waals surface area contributed by atoms with Crippen molar-refractivity contribution < 1.29 is 13.2 Å². The van der Waals surface area contributed by atoms with Gasteiger partial charge in [0.1, 0.15) is 0 Å². The van der Waals surface area contributed by atoms with E-state index >= 15 is 0 Å². The van der Waals surface area contributed by atoms with Gasteiger partial charge in [0.25, 0.3) is 0 Å². The number of anilines is 1. The van der Waals surface area contributed by atoms with Crippen molar-refractivity contribution in [2.75, 3.05) is 11.1 Å². The molecule has 2 aromatic carbocycles. The molecule has 0 unspecified atom stereocenters. The molecule has 4 rings (SSSR count). The Morgan fingerprint density at radius 1 is 1.15 bits per heavy atom. The average molecular weight is 499 g/mol. The summed E-state index contributed by atoms with van der Waals surface area (Å²) in [5.74, 6) is -0.0334. The zero-order chi connectivity index (χ0) is 24.5. The normalized spacial score (nSPS) is 11.8. The number of hydrogen-bond donors (Lipinski definition) is 2. The second kappa shape index (κ2) is 9.61. The summed E-state index contributed by atoms with van der Waals surface area (Å²) in [6, 6.07) is 14.4. The fourth-order valence-electron chi connectivity index (χ4n) is 3.76. The third-order valence-electron chi connectivity index (χ3n) is 5.35. The predicted octanol–water partition coefficient (Wildman–Crippen LogP) is 3.63. The zero-order valence-corrected chi connectivity index (χ0v) is 20.8. The third-order valence-corrected chi connectivity index (χ3v) is 7.24. The van der Waals surface area contributed by atoms with Gasteiger partial charge in [0, 0.05) is 6.54 Å². The molecule has 3 N–H and O–H groups in total. The van der Waals surface area contributed by atoms with Gasteiger partial charge in [0.2, 0.25) is 15.9 Å². The zero-order valence-electron chi connectivity index (χ0n) is 19.1. The van der Waals surface area contributed by atoms with E-state index in [2.05, 4.69) is 15.4 Å². The van der Waals surface area contributed by atoms with Crippen LogP contribution in [-0.2, 0) is 21.4 Å². The minimum absolute atomic E-state index is 0.0109. The van der Waals surface area contributed by atoms with Crippen molar-refractivity contribution >= 4 is 44.4 Å². The van der Waals surface area contributed by atoms with Crippen LogP contribution in [0.3, 0.4) is 0 Å². The van der Waals surface area contributed by atoms with Crippen LogP contribution >= 0.6 is 11.8 Å². The second-order valence-electron chi connectivity index (χ2n) is 7.87. The smallest absolute Gasteiger partial charge is 0.238 e. The van der Waals surface area contributed by atoms with Gasteiger partial charge in [-0.2, -0.15) is 5.10 Å². The number of sulfonamides is 1. The number of primary sulfonamides is 1. The first-order valence-electron chi connectivity index (χ1n) is 10.8. The van der Waals surface area contributed by atoms with Crippen LogP contribution in [0, 0.1) is 13.8 Å². The fraction of sp³-hybridized carbons (Fsp3) is 0.261. The number of imidazole rings is 1. The predicted molar refractivity (Wildman–Crippen MR) is 134 cm³/mol. The number of nitrogens with zero attached hydrogens (tertiary/aromatic N) is 4. The first-order valence-corrected chi connectivity index (χ1v) is 13.3. The number of para-hydroxylation sites is 1. The molecule has 11 heteroatoms. The standard InChI is InChI=1S/C23H26N6O3S2/c1-4-12-28-20-11-10-18(34(24,31)32)13-19(20)25-23(28)33-14-21(30)26-22-15(2)27-29(16(22)3)17-8-6-5-7-9-17/h5-11,13H,4,12,14H2,1-3H3,(H,26,30)(H2,24,31,32). The molecule has 0 radical (unpaired) electrons. The summed E-state index contributed by atoms with van der Waals surface area (Å²) in [5.41, 5.74) is 4.51. The number of nitrogens with one attached hydrogen (secondary N) is 1. The lowest BCUT2D eigenvalue weighted by Crippen LogP contribution is -2.16. The molecule has 0 fully saturated rings. The minimum Gasteiger partial charge on any atom is -0.322 e. The van der Waals surface area contributed by atoms with Crippen molar-refractivity contribution in [3.8, 4) is 5.69 Å². The molecule has 178 valence electrons. The molecule has 34 heavy (non-hydrogen) atoms. The van der Waals surface area contributed by atoms with E-state index in [-0.39, 0.29) is 16.6 Å². The van der Waals surface area contributed by atoms with Crippen LogP contribution in [0.1, 0.15) is 24.7 Å². The van der Waals surface area contributed by atoms with E-state index < -0.39 is 10.0 Å². The van der Waals surface area contributed by atoms with E-state index in [9.17, 15) is 13.2 Å². The van der Waals surface area contributed by atoms with Gasteiger partial charge in [-0.25, -0.2) is 23.2 Å². The van der Waals surface area contributed by atoms with Gasteiger partial charge in [-0.15, -0.1) is 0 Å². The van der Waals surface area contributed by atoms with E-state index in [4.69, 9.17) is 5.14 Å². The number of nitrogens with two attached hydrogens (primary N) is 1. The van der Waals surface area contributed by atoms with Crippen LogP contribution in [0.2, 0.25) is 0 Å². The Hall–Kier alpha value is -3.15. The molecule has 0 saturated carbocycles. The summed E-state index contributed by atoms with van der Waals surface area (Å²) >= 11 is 1.30. The number of benzene rings is 2. The number of carbonyl (C=O) groups excluding carboxylic acids is 1. The van der Waals surface area contributed by atoms with Gasteiger partial charge < -0.3 is 9.88 Å². The summed E-state index contributed by atoms with van der Waals surface area (Å²) in [7, 11) is -3.82. The summed E-state index contributed by atoms with van der Waals surface area (Å²) in [6.07, 6.45) is 0.860. The molecule has 0 atom stereocenters. The SMILES string of the molecule is CCCn1c(SCC(=O)Nc2c(C)nn(-c3ccccc3)c2C)nc2cc(S(N)(=O)=O)ccc21. The maximum atomic E-state index is 12.8.